The molecule has 0 fully saturated rings. The molecule has 1 heterocycles. The fourth-order valence-electron chi connectivity index (χ4n) is 1.73. The topological polar surface area (TPSA) is 86.3 Å². The number of rotatable bonds is 4. The van der Waals surface area contributed by atoms with Gasteiger partial charge in [0.1, 0.15) is 5.69 Å². The largest absolute Gasteiger partial charge is 0.451 e. The van der Waals surface area contributed by atoms with Gasteiger partial charge in [0.15, 0.2) is 6.61 Å². The Morgan fingerprint density at radius 3 is 2.57 bits per heavy atom. The minimum absolute atomic E-state index is 0.295. The number of aromatic nitrogens is 1. The number of hydrogen-bond donors (Lipinski definition) is 2. The number of esters is 1. The lowest BCUT2D eigenvalue weighted by molar-refractivity contribution is -0.119. The maximum Gasteiger partial charge on any atom is 0.355 e. The Bertz CT molecular complexity index is 665. The zero-order valence-electron chi connectivity index (χ0n) is 11.3. The van der Waals surface area contributed by atoms with Gasteiger partial charge in [-0.3, -0.25) is 4.79 Å². The molecule has 0 aliphatic heterocycles. The first-order valence-corrected chi connectivity index (χ1v) is 6.89. The van der Waals surface area contributed by atoms with Crippen LogP contribution in [0.25, 0.3) is 0 Å². The average molecular weight is 352 g/mol. The summed E-state index contributed by atoms with van der Waals surface area (Å²) in [5.74, 6) is -1.01. The maximum atomic E-state index is 11.8. The van der Waals surface area contributed by atoms with Crippen LogP contribution >= 0.6 is 15.9 Å². The number of nitrogen functional groups attached to an aromatic ring is 1. The van der Waals surface area contributed by atoms with E-state index in [0.717, 1.165) is 4.47 Å². The van der Waals surface area contributed by atoms with Crippen LogP contribution in [0.5, 0.6) is 0 Å². The Hall–Kier alpha value is -2.28. The van der Waals surface area contributed by atoms with Gasteiger partial charge in [0.2, 0.25) is 0 Å². The Morgan fingerprint density at radius 2 is 2.00 bits per heavy atom. The number of nitrogens with two attached hydrogens (primary N) is 1. The number of carbonyl (C=O) groups is 2. The molecule has 2 aromatic rings. The lowest BCUT2D eigenvalue weighted by Gasteiger charge is -2.07. The highest BCUT2D eigenvalue weighted by Crippen LogP contribution is 2.14. The number of ether oxygens (including phenoxy) is 1. The molecule has 2 rings (SSSR count). The first-order valence-electron chi connectivity index (χ1n) is 6.10. The number of anilines is 2. The van der Waals surface area contributed by atoms with Gasteiger partial charge in [0.05, 0.1) is 5.69 Å². The van der Waals surface area contributed by atoms with Crippen LogP contribution in [0.4, 0.5) is 11.4 Å². The predicted molar refractivity (Wildman–Crippen MR) is 82.9 cm³/mol. The molecule has 110 valence electrons. The average Bonchev–Trinajstić information content (AvgIpc) is 2.78. The molecule has 0 aliphatic rings. The van der Waals surface area contributed by atoms with Gasteiger partial charge in [-0.15, -0.1) is 0 Å². The SMILES string of the molecule is Cn1cc(N)cc1C(=O)OCC(=O)Nc1ccc(Br)cc1. The van der Waals surface area contributed by atoms with Gasteiger partial charge in [-0.25, -0.2) is 4.79 Å². The number of carbonyl (C=O) groups excluding carboxylic acids is 2. The van der Waals surface area contributed by atoms with Crippen LogP contribution < -0.4 is 11.1 Å². The zero-order valence-corrected chi connectivity index (χ0v) is 12.9. The number of nitrogens with zero attached hydrogens (tertiary/aromatic N) is 1. The van der Waals surface area contributed by atoms with Crippen LogP contribution in [0.3, 0.4) is 0 Å². The Kier molecular flexibility index (Phi) is 4.64. The highest BCUT2D eigenvalue weighted by molar-refractivity contribution is 9.10. The van der Waals surface area contributed by atoms with E-state index in [4.69, 9.17) is 10.5 Å². The van der Waals surface area contributed by atoms with Gasteiger partial charge in [-0.1, -0.05) is 15.9 Å². The first-order chi connectivity index (χ1) is 9.95. The highest BCUT2D eigenvalue weighted by atomic mass is 79.9. The van der Waals surface area contributed by atoms with E-state index in [1.54, 1.807) is 42.1 Å². The second-order valence-electron chi connectivity index (χ2n) is 4.40. The summed E-state index contributed by atoms with van der Waals surface area (Å²) in [5, 5.41) is 2.63. The molecule has 3 N–H and O–H groups in total. The predicted octanol–water partition coefficient (Wildman–Crippen LogP) is 2.17. The minimum atomic E-state index is -0.597. The van der Waals surface area contributed by atoms with Crippen LogP contribution in [-0.2, 0) is 16.6 Å². The van der Waals surface area contributed by atoms with E-state index in [2.05, 4.69) is 21.2 Å². The highest BCUT2D eigenvalue weighted by Gasteiger charge is 2.14. The number of amides is 1. The number of halogens is 1. The molecule has 0 spiro atoms. The molecule has 1 amide bonds. The molecule has 21 heavy (non-hydrogen) atoms. The lowest BCUT2D eigenvalue weighted by Crippen LogP contribution is -2.21. The smallest absolute Gasteiger partial charge is 0.355 e. The molecule has 6 nitrogen and oxygen atoms in total. The number of aryl methyl sites for hydroxylation is 1. The second kappa shape index (κ2) is 6.45. The van der Waals surface area contributed by atoms with Gasteiger partial charge in [0.25, 0.3) is 5.91 Å². The molecule has 0 saturated carbocycles. The van der Waals surface area contributed by atoms with Crippen LogP contribution in [0.2, 0.25) is 0 Å². The van der Waals surface area contributed by atoms with Crippen LogP contribution in [0.1, 0.15) is 10.5 Å². The summed E-state index contributed by atoms with van der Waals surface area (Å²) < 4.78 is 7.40. The quantitative estimate of drug-likeness (QED) is 0.826. The standard InChI is InChI=1S/C14H14BrN3O3/c1-18-7-10(16)6-12(18)14(20)21-8-13(19)17-11-4-2-9(15)3-5-11/h2-7H,8,16H2,1H3,(H,17,19). The van der Waals surface area contributed by atoms with Crippen LogP contribution in [0.15, 0.2) is 41.0 Å². The minimum Gasteiger partial charge on any atom is -0.451 e. The number of hydrogen-bond acceptors (Lipinski definition) is 4. The first kappa shape index (κ1) is 15.1. The third kappa shape index (κ3) is 4.09. The normalized spacial score (nSPS) is 10.2. The molecule has 0 aliphatic carbocycles. The molecule has 7 heteroatoms. The van der Waals surface area contributed by atoms with Gasteiger partial charge >= 0.3 is 5.97 Å². The maximum absolute atomic E-state index is 11.8. The summed E-state index contributed by atoms with van der Waals surface area (Å²) in [5.41, 5.74) is 6.96. The van der Waals surface area contributed by atoms with Crippen molar-refractivity contribution in [2.24, 2.45) is 7.05 Å². The van der Waals surface area contributed by atoms with Crippen molar-refractivity contribution < 1.29 is 14.3 Å². The van der Waals surface area contributed by atoms with Crippen molar-refractivity contribution in [1.29, 1.82) is 0 Å². The monoisotopic (exact) mass is 351 g/mol. The third-order valence-corrected chi connectivity index (χ3v) is 3.23. The second-order valence-corrected chi connectivity index (χ2v) is 5.32. The van der Waals surface area contributed by atoms with Gasteiger partial charge in [-0.05, 0) is 30.3 Å². The van der Waals surface area contributed by atoms with E-state index < -0.39 is 11.9 Å². The molecule has 0 unspecified atom stereocenters. The molecule has 0 saturated heterocycles. The zero-order chi connectivity index (χ0) is 15.4. The molecule has 1 aromatic heterocycles. The van der Waals surface area contributed by atoms with E-state index in [0.29, 0.717) is 17.1 Å². The van der Waals surface area contributed by atoms with E-state index >= 15 is 0 Å². The molecule has 0 radical (unpaired) electrons. The number of nitrogens with one attached hydrogen (secondary N) is 1. The van der Waals surface area contributed by atoms with Crippen molar-refractivity contribution in [3.05, 3.63) is 46.7 Å². The summed E-state index contributed by atoms with van der Waals surface area (Å²) in [6.45, 7) is -0.361. The van der Waals surface area contributed by atoms with E-state index in [1.165, 1.54) is 6.07 Å². The molecular formula is C14H14BrN3O3. The third-order valence-electron chi connectivity index (χ3n) is 2.70. The summed E-state index contributed by atoms with van der Waals surface area (Å²) in [6.07, 6.45) is 1.60. The van der Waals surface area contributed by atoms with Crippen LogP contribution in [-0.4, -0.2) is 23.1 Å². The lowest BCUT2D eigenvalue weighted by atomic mass is 10.3. The van der Waals surface area contributed by atoms with E-state index in [-0.39, 0.29) is 6.61 Å². The Labute approximate surface area is 130 Å². The Balaban J connectivity index is 1.88. The fraction of sp³-hybridized carbons (Fsp3) is 0.143. The molecular weight excluding hydrogens is 338 g/mol. The van der Waals surface area contributed by atoms with Crippen molar-refractivity contribution in [2.45, 2.75) is 0 Å². The van der Waals surface area contributed by atoms with Crippen molar-refractivity contribution in [2.75, 3.05) is 17.7 Å². The molecule has 0 bridgehead atoms. The number of benzene rings is 1. The molecule has 1 aromatic carbocycles. The fourth-order valence-corrected chi connectivity index (χ4v) is 1.99. The molecule has 0 atom stereocenters. The summed E-state index contributed by atoms with van der Waals surface area (Å²) in [4.78, 5) is 23.5. The summed E-state index contributed by atoms with van der Waals surface area (Å²) in [6, 6.07) is 8.57. The van der Waals surface area contributed by atoms with Gasteiger partial charge in [-0.2, -0.15) is 0 Å². The van der Waals surface area contributed by atoms with Gasteiger partial charge in [0, 0.05) is 23.4 Å². The van der Waals surface area contributed by atoms with E-state index in [9.17, 15) is 9.59 Å². The van der Waals surface area contributed by atoms with E-state index in [1.807, 2.05) is 0 Å². The van der Waals surface area contributed by atoms with Crippen molar-refractivity contribution >= 4 is 39.2 Å². The van der Waals surface area contributed by atoms with Crippen molar-refractivity contribution in [3.63, 3.8) is 0 Å². The Morgan fingerprint density at radius 1 is 1.33 bits per heavy atom. The summed E-state index contributed by atoms with van der Waals surface area (Å²) in [7, 11) is 1.68. The summed E-state index contributed by atoms with van der Waals surface area (Å²) >= 11 is 3.30. The van der Waals surface area contributed by atoms with Crippen LogP contribution in [0, 0.1) is 0 Å². The van der Waals surface area contributed by atoms with Crippen molar-refractivity contribution in [3.8, 4) is 0 Å². The van der Waals surface area contributed by atoms with Gasteiger partial charge < -0.3 is 20.4 Å². The van der Waals surface area contributed by atoms with Crippen molar-refractivity contribution in [1.82, 2.24) is 4.57 Å².